The van der Waals surface area contributed by atoms with Gasteiger partial charge in [0.05, 0.1) is 0 Å². The molecule has 0 aromatic heterocycles. The van der Waals surface area contributed by atoms with Crippen molar-refractivity contribution in [2.75, 3.05) is 0 Å². The summed E-state index contributed by atoms with van der Waals surface area (Å²) in [6, 6.07) is 12.8. The van der Waals surface area contributed by atoms with Gasteiger partial charge in [0, 0.05) is 16.5 Å². The number of guanidine groups is 1. The number of amides is 1. The monoisotopic (exact) mass is 403 g/mol. The summed E-state index contributed by atoms with van der Waals surface area (Å²) in [6.45, 7) is 0. The van der Waals surface area contributed by atoms with Crippen molar-refractivity contribution in [3.8, 4) is 0 Å². The molecule has 1 fully saturated rings. The maximum absolute atomic E-state index is 12.1. The van der Waals surface area contributed by atoms with Crippen molar-refractivity contribution in [2.24, 2.45) is 4.99 Å². The number of carbonyl (C=O) groups is 2. The molecule has 0 aliphatic carbocycles. The summed E-state index contributed by atoms with van der Waals surface area (Å²) in [4.78, 5) is 27.8. The largest absolute Gasteiger partial charge is 0.480 e. The minimum Gasteiger partial charge on any atom is -0.480 e. The van der Waals surface area contributed by atoms with Crippen LogP contribution in [0.5, 0.6) is 0 Å². The molecule has 27 heavy (non-hydrogen) atoms. The molecule has 8 heteroatoms. The van der Waals surface area contributed by atoms with Gasteiger partial charge >= 0.3 is 5.97 Å². The van der Waals surface area contributed by atoms with E-state index in [0.29, 0.717) is 15.6 Å². The Balaban J connectivity index is 1.79. The normalized spacial score (nSPS) is 17.6. The van der Waals surface area contributed by atoms with E-state index < -0.39 is 17.9 Å². The topological polar surface area (TPSA) is 90.8 Å². The number of carbonyl (C=O) groups excluding carboxylic acids is 1. The van der Waals surface area contributed by atoms with Crippen molar-refractivity contribution in [1.29, 1.82) is 0 Å². The van der Waals surface area contributed by atoms with Crippen LogP contribution in [0.2, 0.25) is 10.0 Å². The molecule has 6 nitrogen and oxygen atoms in total. The average molecular weight is 404 g/mol. The summed E-state index contributed by atoms with van der Waals surface area (Å²) in [5.74, 6) is -1.43. The highest BCUT2D eigenvalue weighted by Gasteiger charge is 2.25. The molecule has 1 unspecified atom stereocenters. The number of rotatable bonds is 5. The van der Waals surface area contributed by atoms with Crippen molar-refractivity contribution < 1.29 is 14.7 Å². The second-order valence-electron chi connectivity index (χ2n) is 5.82. The lowest BCUT2D eigenvalue weighted by Crippen LogP contribution is -2.31. The fraction of sp³-hybridized carbons (Fsp3) is 0.105. The Morgan fingerprint density at radius 2 is 1.81 bits per heavy atom. The Hall–Kier alpha value is -2.83. The van der Waals surface area contributed by atoms with E-state index >= 15 is 0 Å². The Morgan fingerprint density at radius 3 is 2.48 bits per heavy atom. The number of aliphatic carboxylic acids is 1. The molecule has 1 aliphatic heterocycles. The zero-order valence-corrected chi connectivity index (χ0v) is 15.5. The number of carboxylic acids is 1. The molecule has 1 atom stereocenters. The van der Waals surface area contributed by atoms with Gasteiger partial charge in [-0.1, -0.05) is 53.5 Å². The maximum Gasteiger partial charge on any atom is 0.328 e. The van der Waals surface area contributed by atoms with Crippen LogP contribution in [0.15, 0.2) is 59.2 Å². The molecule has 138 valence electrons. The first-order chi connectivity index (χ1) is 12.9. The first-order valence-corrected chi connectivity index (χ1v) is 8.77. The van der Waals surface area contributed by atoms with E-state index in [2.05, 4.69) is 15.6 Å². The van der Waals surface area contributed by atoms with Gasteiger partial charge in [-0.25, -0.2) is 9.79 Å². The molecule has 0 radical (unpaired) electrons. The van der Waals surface area contributed by atoms with Gasteiger partial charge in [0.15, 0.2) is 6.04 Å². The van der Waals surface area contributed by atoms with Crippen LogP contribution in [0.1, 0.15) is 11.1 Å². The minimum atomic E-state index is -1.10. The molecule has 0 bridgehead atoms. The van der Waals surface area contributed by atoms with E-state index in [1.807, 2.05) is 0 Å². The van der Waals surface area contributed by atoms with E-state index in [-0.39, 0.29) is 18.1 Å². The second kappa shape index (κ2) is 8.24. The van der Waals surface area contributed by atoms with Crippen molar-refractivity contribution in [3.63, 3.8) is 0 Å². The van der Waals surface area contributed by atoms with Crippen LogP contribution in [0.3, 0.4) is 0 Å². The Kier molecular flexibility index (Phi) is 5.78. The van der Waals surface area contributed by atoms with Crippen molar-refractivity contribution in [3.05, 3.63) is 75.4 Å². The molecule has 0 saturated carbocycles. The van der Waals surface area contributed by atoms with Crippen LogP contribution < -0.4 is 10.6 Å². The smallest absolute Gasteiger partial charge is 0.328 e. The van der Waals surface area contributed by atoms with E-state index in [4.69, 9.17) is 23.2 Å². The summed E-state index contributed by atoms with van der Waals surface area (Å²) in [6.07, 6.45) is 1.74. The van der Waals surface area contributed by atoms with Crippen LogP contribution in [0.25, 0.3) is 6.08 Å². The van der Waals surface area contributed by atoms with Gasteiger partial charge in [-0.2, -0.15) is 0 Å². The Bertz CT molecular complexity index is 939. The molecule has 0 spiro atoms. The molecule has 1 amide bonds. The molecular weight excluding hydrogens is 389 g/mol. The molecule has 1 saturated heterocycles. The van der Waals surface area contributed by atoms with Crippen LogP contribution >= 0.6 is 23.2 Å². The summed E-state index contributed by atoms with van der Waals surface area (Å²) in [5.41, 5.74) is 1.67. The fourth-order valence-corrected chi connectivity index (χ4v) is 2.81. The first-order valence-electron chi connectivity index (χ1n) is 8.02. The van der Waals surface area contributed by atoms with Crippen LogP contribution in [0.4, 0.5) is 0 Å². The summed E-state index contributed by atoms with van der Waals surface area (Å²) < 4.78 is 0. The van der Waals surface area contributed by atoms with Gasteiger partial charge in [-0.05, 0) is 35.4 Å². The fourth-order valence-electron chi connectivity index (χ4n) is 2.49. The number of hydrogen-bond donors (Lipinski definition) is 3. The molecule has 1 aliphatic rings. The van der Waals surface area contributed by atoms with E-state index in [9.17, 15) is 14.7 Å². The molecule has 3 N–H and O–H groups in total. The van der Waals surface area contributed by atoms with E-state index in [1.54, 1.807) is 54.6 Å². The quantitative estimate of drug-likeness (QED) is 0.668. The van der Waals surface area contributed by atoms with Gasteiger partial charge in [0.2, 0.25) is 5.96 Å². The highest BCUT2D eigenvalue weighted by molar-refractivity contribution is 6.32. The number of hydrogen-bond acceptors (Lipinski definition) is 3. The molecule has 2 aromatic carbocycles. The molecule has 2 aromatic rings. The second-order valence-corrected chi connectivity index (χ2v) is 6.66. The summed E-state index contributed by atoms with van der Waals surface area (Å²) in [5, 5.41) is 15.8. The number of nitrogens with one attached hydrogen (secondary N) is 2. The van der Waals surface area contributed by atoms with Crippen molar-refractivity contribution >= 4 is 47.1 Å². The number of aliphatic imine (C=N–C) groups is 1. The van der Waals surface area contributed by atoms with Crippen molar-refractivity contribution in [2.45, 2.75) is 12.5 Å². The predicted octanol–water partition coefficient (Wildman–Crippen LogP) is 3.11. The molecule has 3 rings (SSSR count). The van der Waals surface area contributed by atoms with Gasteiger partial charge in [0.25, 0.3) is 5.91 Å². The predicted molar refractivity (Wildman–Crippen MR) is 105 cm³/mol. The average Bonchev–Trinajstić information content (AvgIpc) is 2.97. The van der Waals surface area contributed by atoms with Gasteiger partial charge in [-0.3, -0.25) is 10.1 Å². The summed E-state index contributed by atoms with van der Waals surface area (Å²) >= 11 is 11.9. The summed E-state index contributed by atoms with van der Waals surface area (Å²) in [7, 11) is 0. The minimum absolute atomic E-state index is 0.0830. The number of benzene rings is 2. The van der Waals surface area contributed by atoms with Crippen LogP contribution in [-0.4, -0.2) is 29.0 Å². The lowest BCUT2D eigenvalue weighted by Gasteiger charge is -2.09. The molecule has 1 heterocycles. The number of carboxylic acid groups (broad SMARTS) is 1. The third kappa shape index (κ3) is 4.87. The number of halogens is 2. The van der Waals surface area contributed by atoms with Crippen LogP contribution in [0, 0.1) is 0 Å². The molecular formula is C19H15Cl2N3O3. The zero-order chi connectivity index (χ0) is 19.4. The van der Waals surface area contributed by atoms with E-state index in [1.165, 1.54) is 0 Å². The lowest BCUT2D eigenvalue weighted by atomic mass is 10.1. The standard InChI is InChI=1S/C19H15Cl2N3O3/c20-13-7-5-11(6-8-13)9-16(18(26)27)23-19-22-15(17(25)24-19)10-12-3-1-2-4-14(12)21/h1-8,10,16H,9H2,(H,26,27)(H2,22,23,24,25)/b15-10+. The highest BCUT2D eigenvalue weighted by atomic mass is 35.5. The Morgan fingerprint density at radius 1 is 1.11 bits per heavy atom. The van der Waals surface area contributed by atoms with Gasteiger partial charge < -0.3 is 10.4 Å². The number of nitrogens with zero attached hydrogens (tertiary/aromatic N) is 1. The zero-order valence-electron chi connectivity index (χ0n) is 13.9. The Labute approximate surface area is 165 Å². The SMILES string of the molecule is O=C1NC(=NC(Cc2ccc(Cl)cc2)C(=O)O)N/C1=C/c1ccccc1Cl. The third-order valence-corrected chi connectivity index (χ3v) is 4.44. The van der Waals surface area contributed by atoms with Gasteiger partial charge in [-0.15, -0.1) is 0 Å². The highest BCUT2D eigenvalue weighted by Crippen LogP contribution is 2.18. The maximum atomic E-state index is 12.1. The first kappa shape index (κ1) is 18.9. The third-order valence-electron chi connectivity index (χ3n) is 3.85. The van der Waals surface area contributed by atoms with Crippen LogP contribution in [-0.2, 0) is 16.0 Å². The van der Waals surface area contributed by atoms with Gasteiger partial charge in [0.1, 0.15) is 5.70 Å². The van der Waals surface area contributed by atoms with Crippen molar-refractivity contribution in [1.82, 2.24) is 10.6 Å². The van der Waals surface area contributed by atoms with E-state index in [0.717, 1.165) is 5.56 Å². The lowest BCUT2D eigenvalue weighted by molar-refractivity contribution is -0.138.